The van der Waals surface area contributed by atoms with Crippen LogP contribution in [0.3, 0.4) is 0 Å². The molecule has 2 aromatic carbocycles. The molecular formula is C25H30N4O2S. The number of amides is 1. The molecule has 1 N–H and O–H groups in total. The standard InChI is InChI=1S/C25H30N4O2S/c1-18-3-5-19(6-4-18)7-8-20-13-15-29(16-14-20)17-23-27-28-25(32-23)24(30)26-21-9-11-22(31-2)12-10-21/h3-6,9-12,20H,7-8,13-17H2,1-2H3,(H,26,30). The number of anilines is 1. The summed E-state index contributed by atoms with van der Waals surface area (Å²) in [5, 5.41) is 12.5. The number of likely N-dealkylation sites (tertiary alicyclic amines) is 1. The van der Waals surface area contributed by atoms with Crippen molar-refractivity contribution in [3.05, 3.63) is 69.7 Å². The van der Waals surface area contributed by atoms with Crippen molar-refractivity contribution in [1.82, 2.24) is 15.1 Å². The highest BCUT2D eigenvalue weighted by molar-refractivity contribution is 7.13. The summed E-state index contributed by atoms with van der Waals surface area (Å²) < 4.78 is 5.14. The van der Waals surface area contributed by atoms with E-state index in [0.29, 0.717) is 10.7 Å². The molecule has 1 amide bonds. The maximum absolute atomic E-state index is 12.5. The van der Waals surface area contributed by atoms with E-state index in [1.807, 2.05) is 24.3 Å². The molecule has 3 aromatic rings. The van der Waals surface area contributed by atoms with Gasteiger partial charge in [-0.1, -0.05) is 41.2 Å². The highest BCUT2D eigenvalue weighted by atomic mass is 32.1. The van der Waals surface area contributed by atoms with Crippen LogP contribution in [0.1, 0.15) is 45.2 Å². The molecule has 2 heterocycles. The van der Waals surface area contributed by atoms with Gasteiger partial charge in [0, 0.05) is 5.69 Å². The molecule has 1 aromatic heterocycles. The molecule has 4 rings (SSSR count). The summed E-state index contributed by atoms with van der Waals surface area (Å²) in [6.07, 6.45) is 4.85. The first-order valence-corrected chi connectivity index (χ1v) is 12.0. The zero-order valence-corrected chi connectivity index (χ0v) is 19.5. The largest absolute Gasteiger partial charge is 0.497 e. The van der Waals surface area contributed by atoms with Crippen molar-refractivity contribution >= 4 is 22.9 Å². The van der Waals surface area contributed by atoms with E-state index in [9.17, 15) is 4.79 Å². The summed E-state index contributed by atoms with van der Waals surface area (Å²) in [4.78, 5) is 14.9. The molecule has 6 nitrogen and oxygen atoms in total. The van der Waals surface area contributed by atoms with Crippen LogP contribution in [0.2, 0.25) is 0 Å². The van der Waals surface area contributed by atoms with E-state index in [2.05, 4.69) is 51.6 Å². The number of ether oxygens (including phenoxy) is 1. The van der Waals surface area contributed by atoms with Crippen LogP contribution >= 0.6 is 11.3 Å². The number of benzene rings is 2. The van der Waals surface area contributed by atoms with Gasteiger partial charge in [0.05, 0.1) is 13.7 Å². The molecule has 32 heavy (non-hydrogen) atoms. The summed E-state index contributed by atoms with van der Waals surface area (Å²) in [7, 11) is 1.62. The van der Waals surface area contributed by atoms with E-state index in [1.165, 1.54) is 41.7 Å². The van der Waals surface area contributed by atoms with Crippen LogP contribution in [-0.4, -0.2) is 41.2 Å². The molecule has 1 saturated heterocycles. The number of carbonyl (C=O) groups excluding carboxylic acids is 1. The number of nitrogens with zero attached hydrogens (tertiary/aromatic N) is 3. The van der Waals surface area contributed by atoms with Crippen molar-refractivity contribution in [1.29, 1.82) is 0 Å². The zero-order chi connectivity index (χ0) is 22.3. The van der Waals surface area contributed by atoms with E-state index in [-0.39, 0.29) is 5.91 Å². The molecule has 0 bridgehead atoms. The minimum Gasteiger partial charge on any atom is -0.497 e. The number of carbonyl (C=O) groups is 1. The Hall–Kier alpha value is -2.77. The molecule has 0 radical (unpaired) electrons. The van der Waals surface area contributed by atoms with E-state index in [4.69, 9.17) is 4.74 Å². The van der Waals surface area contributed by atoms with Gasteiger partial charge in [-0.25, -0.2) is 0 Å². The van der Waals surface area contributed by atoms with Crippen molar-refractivity contribution in [2.24, 2.45) is 5.92 Å². The number of hydrogen-bond donors (Lipinski definition) is 1. The first-order chi connectivity index (χ1) is 15.6. The van der Waals surface area contributed by atoms with Gasteiger partial charge < -0.3 is 10.1 Å². The third-order valence-corrected chi connectivity index (χ3v) is 6.94. The number of methoxy groups -OCH3 is 1. The highest BCUT2D eigenvalue weighted by Gasteiger charge is 2.21. The molecule has 1 aliphatic heterocycles. The Labute approximate surface area is 193 Å². The summed E-state index contributed by atoms with van der Waals surface area (Å²) in [6, 6.07) is 16.1. The topological polar surface area (TPSA) is 67.3 Å². The van der Waals surface area contributed by atoms with Gasteiger partial charge in [-0.05, 0) is 81.4 Å². The average molecular weight is 451 g/mol. The molecule has 168 valence electrons. The summed E-state index contributed by atoms with van der Waals surface area (Å²) in [5.74, 6) is 1.31. The van der Waals surface area contributed by atoms with Crippen LogP contribution in [0.15, 0.2) is 48.5 Å². The first kappa shape index (κ1) is 22.4. The second-order valence-electron chi connectivity index (χ2n) is 8.43. The number of aromatic nitrogens is 2. The lowest BCUT2D eigenvalue weighted by Gasteiger charge is -2.31. The Kier molecular flexibility index (Phi) is 7.50. The molecular weight excluding hydrogens is 420 g/mol. The third kappa shape index (κ3) is 6.14. The van der Waals surface area contributed by atoms with Gasteiger partial charge in [-0.2, -0.15) is 0 Å². The normalized spacial score (nSPS) is 14.9. The predicted molar refractivity (Wildman–Crippen MR) is 128 cm³/mol. The maximum Gasteiger partial charge on any atom is 0.286 e. The Morgan fingerprint density at radius 3 is 2.50 bits per heavy atom. The second-order valence-corrected chi connectivity index (χ2v) is 9.49. The number of hydrogen-bond acceptors (Lipinski definition) is 6. The molecule has 0 unspecified atom stereocenters. The van der Waals surface area contributed by atoms with Crippen molar-refractivity contribution < 1.29 is 9.53 Å². The lowest BCUT2D eigenvalue weighted by Crippen LogP contribution is -2.33. The number of rotatable bonds is 8. The quantitative estimate of drug-likeness (QED) is 0.526. The van der Waals surface area contributed by atoms with Crippen LogP contribution in [-0.2, 0) is 13.0 Å². The number of nitrogens with one attached hydrogen (secondary N) is 1. The van der Waals surface area contributed by atoms with Crippen molar-refractivity contribution in [3.63, 3.8) is 0 Å². The van der Waals surface area contributed by atoms with Crippen molar-refractivity contribution in [2.75, 3.05) is 25.5 Å². The lowest BCUT2D eigenvalue weighted by molar-refractivity contribution is 0.102. The molecule has 0 saturated carbocycles. The Morgan fingerprint density at radius 2 is 1.81 bits per heavy atom. The minimum atomic E-state index is -0.228. The van der Waals surface area contributed by atoms with Crippen LogP contribution in [0, 0.1) is 12.8 Å². The number of piperidine rings is 1. The second kappa shape index (κ2) is 10.7. The van der Waals surface area contributed by atoms with Crippen LogP contribution in [0.5, 0.6) is 5.75 Å². The lowest BCUT2D eigenvalue weighted by atomic mass is 9.90. The predicted octanol–water partition coefficient (Wildman–Crippen LogP) is 4.95. The van der Waals surface area contributed by atoms with E-state index in [1.54, 1.807) is 7.11 Å². The monoisotopic (exact) mass is 450 g/mol. The molecule has 1 fully saturated rings. The van der Waals surface area contributed by atoms with Crippen molar-refractivity contribution in [2.45, 2.75) is 39.2 Å². The van der Waals surface area contributed by atoms with Crippen LogP contribution in [0.25, 0.3) is 0 Å². The van der Waals surface area contributed by atoms with Gasteiger partial charge in [0.15, 0.2) is 0 Å². The van der Waals surface area contributed by atoms with Gasteiger partial charge >= 0.3 is 0 Å². The zero-order valence-electron chi connectivity index (χ0n) is 18.7. The molecule has 1 aliphatic rings. The van der Waals surface area contributed by atoms with Gasteiger partial charge in [0.2, 0.25) is 5.01 Å². The van der Waals surface area contributed by atoms with Gasteiger partial charge in [0.25, 0.3) is 5.91 Å². The fourth-order valence-electron chi connectivity index (χ4n) is 4.02. The fraction of sp³-hybridized carbons (Fsp3) is 0.400. The minimum absolute atomic E-state index is 0.228. The average Bonchev–Trinajstić information content (AvgIpc) is 3.29. The Bertz CT molecular complexity index is 1010. The Morgan fingerprint density at radius 1 is 1.09 bits per heavy atom. The molecule has 0 aliphatic carbocycles. The maximum atomic E-state index is 12.5. The van der Waals surface area contributed by atoms with E-state index >= 15 is 0 Å². The van der Waals surface area contributed by atoms with E-state index < -0.39 is 0 Å². The molecule has 0 atom stereocenters. The van der Waals surface area contributed by atoms with E-state index in [0.717, 1.165) is 42.7 Å². The fourth-order valence-corrected chi connectivity index (χ4v) is 4.80. The van der Waals surface area contributed by atoms with Crippen LogP contribution < -0.4 is 10.1 Å². The SMILES string of the molecule is COc1ccc(NC(=O)c2nnc(CN3CCC(CCc4ccc(C)cc4)CC3)s2)cc1. The first-order valence-electron chi connectivity index (χ1n) is 11.1. The summed E-state index contributed by atoms with van der Waals surface area (Å²) >= 11 is 1.37. The van der Waals surface area contributed by atoms with Gasteiger partial charge in [0.1, 0.15) is 10.8 Å². The van der Waals surface area contributed by atoms with Gasteiger partial charge in [-0.15, -0.1) is 10.2 Å². The van der Waals surface area contributed by atoms with Crippen molar-refractivity contribution in [3.8, 4) is 5.75 Å². The number of aryl methyl sites for hydroxylation is 2. The smallest absolute Gasteiger partial charge is 0.286 e. The highest BCUT2D eigenvalue weighted by Crippen LogP contribution is 2.24. The summed E-state index contributed by atoms with van der Waals surface area (Å²) in [5.41, 5.74) is 3.47. The molecule has 7 heteroatoms. The third-order valence-electron chi connectivity index (χ3n) is 6.04. The Balaban J connectivity index is 1.21. The summed E-state index contributed by atoms with van der Waals surface area (Å²) in [6.45, 7) is 5.04. The van der Waals surface area contributed by atoms with Crippen LogP contribution in [0.4, 0.5) is 5.69 Å². The molecule has 0 spiro atoms. The van der Waals surface area contributed by atoms with Gasteiger partial charge in [-0.3, -0.25) is 9.69 Å².